The highest BCUT2D eigenvalue weighted by Gasteiger charge is 2.10. The molecule has 0 bridgehead atoms. The molecule has 1 atom stereocenters. The number of rotatable bonds is 4. The van der Waals surface area contributed by atoms with Gasteiger partial charge in [0.2, 0.25) is 0 Å². The molecule has 0 N–H and O–H groups in total. The molecular formula is C12H16FO. The summed E-state index contributed by atoms with van der Waals surface area (Å²) in [4.78, 5) is 0. The Kier molecular flexibility index (Phi) is 3.93. The molecule has 1 nitrogen and oxygen atoms in total. The summed E-state index contributed by atoms with van der Waals surface area (Å²) in [5, 5.41) is 0. The molecule has 1 aromatic rings. The van der Waals surface area contributed by atoms with Crippen LogP contribution in [-0.4, -0.2) is 13.3 Å². The second kappa shape index (κ2) is 4.99. The molecule has 0 aliphatic carbocycles. The predicted molar refractivity (Wildman–Crippen MR) is 56.4 cm³/mol. The zero-order valence-electron chi connectivity index (χ0n) is 8.72. The monoisotopic (exact) mass is 195 g/mol. The third-order valence-corrected chi connectivity index (χ3v) is 2.25. The quantitative estimate of drug-likeness (QED) is 0.716. The molecule has 2 heteroatoms. The lowest BCUT2D eigenvalue weighted by Crippen LogP contribution is -2.02. The molecule has 1 unspecified atom stereocenters. The van der Waals surface area contributed by atoms with Gasteiger partial charge in [-0.25, -0.2) is 0 Å². The van der Waals surface area contributed by atoms with Crippen LogP contribution in [0, 0.1) is 13.8 Å². The molecule has 0 aromatic heterocycles. The van der Waals surface area contributed by atoms with E-state index < -0.39 is 6.67 Å². The standard InChI is InChI=1S/C12H16FO/c1-4-14-12-7-5-6-11(10(12)3)9(2)8-13/h5-7,9H,2,4,8H2,1,3H3. The fraction of sp³-hybridized carbons (Fsp3) is 0.417. The number of ether oxygens (including phenoxy) is 1. The van der Waals surface area contributed by atoms with E-state index in [9.17, 15) is 4.39 Å². The van der Waals surface area contributed by atoms with E-state index in [1.807, 2.05) is 32.0 Å². The van der Waals surface area contributed by atoms with E-state index in [4.69, 9.17) is 4.74 Å². The summed E-state index contributed by atoms with van der Waals surface area (Å²) in [5.41, 5.74) is 1.92. The summed E-state index contributed by atoms with van der Waals surface area (Å²) < 4.78 is 17.9. The molecule has 0 heterocycles. The summed E-state index contributed by atoms with van der Waals surface area (Å²) in [6.45, 7) is 7.82. The lowest BCUT2D eigenvalue weighted by molar-refractivity contribution is 0.337. The van der Waals surface area contributed by atoms with Crippen LogP contribution in [-0.2, 0) is 0 Å². The normalized spacial score (nSPS) is 12.6. The van der Waals surface area contributed by atoms with Crippen molar-refractivity contribution >= 4 is 0 Å². The van der Waals surface area contributed by atoms with Crippen molar-refractivity contribution in [2.75, 3.05) is 13.3 Å². The first-order valence-electron chi connectivity index (χ1n) is 4.82. The van der Waals surface area contributed by atoms with Crippen LogP contribution in [0.1, 0.15) is 24.0 Å². The zero-order valence-corrected chi connectivity index (χ0v) is 8.72. The van der Waals surface area contributed by atoms with Crippen molar-refractivity contribution in [1.29, 1.82) is 0 Å². The topological polar surface area (TPSA) is 9.23 Å². The SMILES string of the molecule is [CH2]C(CF)c1cccc(OCC)c1C. The molecule has 0 amide bonds. The summed E-state index contributed by atoms with van der Waals surface area (Å²) >= 11 is 0. The summed E-state index contributed by atoms with van der Waals surface area (Å²) in [6, 6.07) is 5.67. The molecule has 1 aromatic carbocycles. The fourth-order valence-corrected chi connectivity index (χ4v) is 1.47. The van der Waals surface area contributed by atoms with Crippen molar-refractivity contribution in [2.24, 2.45) is 0 Å². The third-order valence-electron chi connectivity index (χ3n) is 2.25. The highest BCUT2D eigenvalue weighted by atomic mass is 19.1. The van der Waals surface area contributed by atoms with Gasteiger partial charge < -0.3 is 4.74 Å². The lowest BCUT2D eigenvalue weighted by atomic mass is 9.97. The van der Waals surface area contributed by atoms with Gasteiger partial charge >= 0.3 is 0 Å². The smallest absolute Gasteiger partial charge is 0.122 e. The Hall–Kier alpha value is -1.05. The van der Waals surface area contributed by atoms with Crippen molar-refractivity contribution in [3.05, 3.63) is 36.2 Å². The molecule has 1 radical (unpaired) electrons. The van der Waals surface area contributed by atoms with Crippen molar-refractivity contribution < 1.29 is 9.13 Å². The van der Waals surface area contributed by atoms with Crippen molar-refractivity contribution in [3.8, 4) is 5.75 Å². The van der Waals surface area contributed by atoms with Gasteiger partial charge in [0.15, 0.2) is 0 Å². The van der Waals surface area contributed by atoms with Crippen LogP contribution in [0.3, 0.4) is 0 Å². The lowest BCUT2D eigenvalue weighted by Gasteiger charge is -2.14. The average Bonchev–Trinajstić information content (AvgIpc) is 2.20. The first-order chi connectivity index (χ1) is 6.70. The van der Waals surface area contributed by atoms with Crippen LogP contribution in [0.15, 0.2) is 18.2 Å². The maximum atomic E-state index is 12.5. The van der Waals surface area contributed by atoms with E-state index in [0.29, 0.717) is 6.61 Å². The molecule has 0 spiro atoms. The first kappa shape index (κ1) is 11.0. The maximum Gasteiger partial charge on any atom is 0.122 e. The van der Waals surface area contributed by atoms with Gasteiger partial charge in [0.25, 0.3) is 0 Å². The molecule has 1 rings (SSSR count). The maximum absolute atomic E-state index is 12.5. The van der Waals surface area contributed by atoms with E-state index in [1.165, 1.54) is 0 Å². The molecule has 0 fully saturated rings. The van der Waals surface area contributed by atoms with Gasteiger partial charge in [0.1, 0.15) is 5.75 Å². The molecule has 0 saturated carbocycles. The minimum Gasteiger partial charge on any atom is -0.494 e. The van der Waals surface area contributed by atoms with Crippen LogP contribution >= 0.6 is 0 Å². The van der Waals surface area contributed by atoms with Gasteiger partial charge in [-0.15, -0.1) is 0 Å². The van der Waals surface area contributed by atoms with Crippen LogP contribution in [0.4, 0.5) is 4.39 Å². The average molecular weight is 195 g/mol. The highest BCUT2D eigenvalue weighted by molar-refractivity contribution is 5.41. The van der Waals surface area contributed by atoms with Crippen LogP contribution < -0.4 is 4.74 Å². The number of halogens is 1. The molecule has 77 valence electrons. The Bertz CT molecular complexity index is 296. The number of hydrogen-bond donors (Lipinski definition) is 0. The number of alkyl halides is 1. The Morgan fingerprint density at radius 3 is 2.79 bits per heavy atom. The van der Waals surface area contributed by atoms with Crippen LogP contribution in [0.5, 0.6) is 5.75 Å². The molecular weight excluding hydrogens is 179 g/mol. The van der Waals surface area contributed by atoms with E-state index in [-0.39, 0.29) is 5.92 Å². The molecule has 0 saturated heterocycles. The minimum atomic E-state index is -0.434. The molecule has 14 heavy (non-hydrogen) atoms. The summed E-state index contributed by atoms with van der Waals surface area (Å²) in [6.07, 6.45) is 0. The van der Waals surface area contributed by atoms with E-state index in [2.05, 4.69) is 6.92 Å². The van der Waals surface area contributed by atoms with Crippen molar-refractivity contribution in [3.63, 3.8) is 0 Å². The van der Waals surface area contributed by atoms with Crippen LogP contribution in [0.2, 0.25) is 0 Å². The van der Waals surface area contributed by atoms with Crippen molar-refractivity contribution in [1.82, 2.24) is 0 Å². The van der Waals surface area contributed by atoms with E-state index >= 15 is 0 Å². The van der Waals surface area contributed by atoms with E-state index in [1.54, 1.807) is 0 Å². The summed E-state index contributed by atoms with van der Waals surface area (Å²) in [7, 11) is 0. The summed E-state index contributed by atoms with van der Waals surface area (Å²) in [5.74, 6) is 0.530. The Labute approximate surface area is 84.9 Å². The fourth-order valence-electron chi connectivity index (χ4n) is 1.47. The second-order valence-electron chi connectivity index (χ2n) is 3.25. The molecule has 0 aliphatic heterocycles. The van der Waals surface area contributed by atoms with Crippen LogP contribution in [0.25, 0.3) is 0 Å². The van der Waals surface area contributed by atoms with Gasteiger partial charge in [-0.3, -0.25) is 4.39 Å². The van der Waals surface area contributed by atoms with Gasteiger partial charge in [-0.2, -0.15) is 0 Å². The Morgan fingerprint density at radius 1 is 1.50 bits per heavy atom. The number of benzene rings is 1. The van der Waals surface area contributed by atoms with Gasteiger partial charge in [0, 0.05) is 5.92 Å². The Morgan fingerprint density at radius 2 is 2.21 bits per heavy atom. The highest BCUT2D eigenvalue weighted by Crippen LogP contribution is 2.27. The minimum absolute atomic E-state index is 0.296. The Balaban J connectivity index is 3.00. The zero-order chi connectivity index (χ0) is 10.6. The first-order valence-corrected chi connectivity index (χ1v) is 4.82. The van der Waals surface area contributed by atoms with Crippen molar-refractivity contribution in [2.45, 2.75) is 19.8 Å². The third kappa shape index (κ3) is 2.25. The molecule has 0 aliphatic rings. The van der Waals surface area contributed by atoms with Gasteiger partial charge in [-0.05, 0) is 38.0 Å². The second-order valence-corrected chi connectivity index (χ2v) is 3.25. The van der Waals surface area contributed by atoms with E-state index in [0.717, 1.165) is 16.9 Å². The largest absolute Gasteiger partial charge is 0.494 e. The van der Waals surface area contributed by atoms with Gasteiger partial charge in [-0.1, -0.05) is 12.1 Å². The van der Waals surface area contributed by atoms with Gasteiger partial charge in [0.05, 0.1) is 13.3 Å². The predicted octanol–water partition coefficient (Wildman–Crippen LogP) is 3.28. The number of hydrogen-bond acceptors (Lipinski definition) is 1.